The SMILES string of the molecule is CCNC(Cc1ccc(Br)s1)CC1CCOC1. The highest BCUT2D eigenvalue weighted by Crippen LogP contribution is 2.25. The molecule has 0 aromatic carbocycles. The number of halogens is 1. The second-order valence-corrected chi connectivity index (χ2v) is 7.18. The number of ether oxygens (including phenoxy) is 1. The molecule has 0 aliphatic carbocycles. The third-order valence-electron chi connectivity index (χ3n) is 3.21. The first-order valence-electron chi connectivity index (χ1n) is 6.33. The first kappa shape index (κ1) is 13.5. The smallest absolute Gasteiger partial charge is 0.0701 e. The van der Waals surface area contributed by atoms with Gasteiger partial charge in [-0.2, -0.15) is 0 Å². The molecule has 1 aromatic heterocycles. The standard InChI is InChI=1S/C13H20BrNOS/c1-2-15-11(7-10-5-6-16-9-10)8-12-3-4-13(14)17-12/h3-4,10-11,15H,2,5-9H2,1H3. The van der Waals surface area contributed by atoms with Gasteiger partial charge in [0, 0.05) is 24.1 Å². The van der Waals surface area contributed by atoms with E-state index in [1.54, 1.807) is 0 Å². The molecular formula is C13H20BrNOS. The zero-order valence-corrected chi connectivity index (χ0v) is 12.6. The summed E-state index contributed by atoms with van der Waals surface area (Å²) < 4.78 is 6.69. The van der Waals surface area contributed by atoms with Gasteiger partial charge in [0.15, 0.2) is 0 Å². The monoisotopic (exact) mass is 317 g/mol. The lowest BCUT2D eigenvalue weighted by Gasteiger charge is -2.20. The van der Waals surface area contributed by atoms with Gasteiger partial charge in [0.25, 0.3) is 0 Å². The van der Waals surface area contributed by atoms with E-state index in [4.69, 9.17) is 4.74 Å². The summed E-state index contributed by atoms with van der Waals surface area (Å²) in [5, 5.41) is 3.60. The molecular weight excluding hydrogens is 298 g/mol. The average molecular weight is 318 g/mol. The number of nitrogens with one attached hydrogen (secondary N) is 1. The first-order chi connectivity index (χ1) is 8.28. The molecule has 2 unspecified atom stereocenters. The number of hydrogen-bond acceptors (Lipinski definition) is 3. The van der Waals surface area contributed by atoms with Gasteiger partial charge in [0.05, 0.1) is 3.79 Å². The molecule has 1 aliphatic heterocycles. The predicted octanol–water partition coefficient (Wildman–Crippen LogP) is 3.46. The molecule has 0 radical (unpaired) electrons. The molecule has 2 nitrogen and oxygen atoms in total. The van der Waals surface area contributed by atoms with E-state index < -0.39 is 0 Å². The highest BCUT2D eigenvalue weighted by molar-refractivity contribution is 9.11. The van der Waals surface area contributed by atoms with Crippen LogP contribution in [0.5, 0.6) is 0 Å². The van der Waals surface area contributed by atoms with E-state index in [2.05, 4.69) is 40.3 Å². The third-order valence-corrected chi connectivity index (χ3v) is 4.86. The van der Waals surface area contributed by atoms with Gasteiger partial charge in [-0.05, 0) is 59.8 Å². The zero-order chi connectivity index (χ0) is 12.1. The van der Waals surface area contributed by atoms with Crippen LogP contribution in [0.15, 0.2) is 15.9 Å². The second kappa shape index (κ2) is 6.88. The van der Waals surface area contributed by atoms with Crippen molar-refractivity contribution in [1.29, 1.82) is 0 Å². The second-order valence-electron chi connectivity index (χ2n) is 4.63. The quantitative estimate of drug-likeness (QED) is 0.867. The summed E-state index contributed by atoms with van der Waals surface area (Å²) in [6, 6.07) is 4.96. The molecule has 2 rings (SSSR count). The minimum Gasteiger partial charge on any atom is -0.381 e. The summed E-state index contributed by atoms with van der Waals surface area (Å²) in [6.07, 6.45) is 3.61. The van der Waals surface area contributed by atoms with Crippen LogP contribution >= 0.6 is 27.3 Å². The normalized spacial score (nSPS) is 21.9. The summed E-state index contributed by atoms with van der Waals surface area (Å²) in [5.41, 5.74) is 0. The number of hydrogen-bond donors (Lipinski definition) is 1. The van der Waals surface area contributed by atoms with Gasteiger partial charge in [-0.3, -0.25) is 0 Å². The molecule has 0 bridgehead atoms. The van der Waals surface area contributed by atoms with E-state index in [0.29, 0.717) is 6.04 Å². The fourth-order valence-electron chi connectivity index (χ4n) is 2.40. The maximum Gasteiger partial charge on any atom is 0.0701 e. The Hall–Kier alpha value is 0.1000. The summed E-state index contributed by atoms with van der Waals surface area (Å²) in [5.74, 6) is 0.752. The molecule has 96 valence electrons. The van der Waals surface area contributed by atoms with Crippen LogP contribution in [-0.2, 0) is 11.2 Å². The molecule has 0 amide bonds. The van der Waals surface area contributed by atoms with Crippen molar-refractivity contribution >= 4 is 27.3 Å². The van der Waals surface area contributed by atoms with Crippen LogP contribution in [0.3, 0.4) is 0 Å². The molecule has 1 saturated heterocycles. The Bertz CT molecular complexity index is 336. The lowest BCUT2D eigenvalue weighted by atomic mass is 9.97. The van der Waals surface area contributed by atoms with Gasteiger partial charge < -0.3 is 10.1 Å². The van der Waals surface area contributed by atoms with Crippen molar-refractivity contribution in [3.8, 4) is 0 Å². The lowest BCUT2D eigenvalue weighted by molar-refractivity contribution is 0.181. The van der Waals surface area contributed by atoms with Crippen LogP contribution in [0.1, 0.15) is 24.6 Å². The van der Waals surface area contributed by atoms with Gasteiger partial charge in [0.2, 0.25) is 0 Å². The maximum absolute atomic E-state index is 5.46. The van der Waals surface area contributed by atoms with Crippen molar-refractivity contribution < 1.29 is 4.74 Å². The lowest BCUT2D eigenvalue weighted by Crippen LogP contribution is -2.33. The molecule has 2 atom stereocenters. The Kier molecular flexibility index (Phi) is 5.48. The Labute approximate surface area is 116 Å². The zero-order valence-electron chi connectivity index (χ0n) is 10.2. The van der Waals surface area contributed by atoms with Crippen LogP contribution in [0, 0.1) is 5.92 Å². The van der Waals surface area contributed by atoms with Crippen LogP contribution in [-0.4, -0.2) is 25.8 Å². The third kappa shape index (κ3) is 4.36. The van der Waals surface area contributed by atoms with Gasteiger partial charge in [-0.15, -0.1) is 11.3 Å². The first-order valence-corrected chi connectivity index (χ1v) is 7.94. The van der Waals surface area contributed by atoms with Crippen LogP contribution in [0.4, 0.5) is 0 Å². The van der Waals surface area contributed by atoms with Gasteiger partial charge in [0.1, 0.15) is 0 Å². The molecule has 4 heteroatoms. The van der Waals surface area contributed by atoms with Gasteiger partial charge in [-0.25, -0.2) is 0 Å². The van der Waals surface area contributed by atoms with Crippen LogP contribution in [0.25, 0.3) is 0 Å². The molecule has 17 heavy (non-hydrogen) atoms. The molecule has 1 fully saturated rings. The molecule has 1 aliphatic rings. The largest absolute Gasteiger partial charge is 0.381 e. The topological polar surface area (TPSA) is 21.3 Å². The number of thiophene rings is 1. The van der Waals surface area contributed by atoms with Crippen LogP contribution < -0.4 is 5.32 Å². The minimum atomic E-state index is 0.595. The number of likely N-dealkylation sites (N-methyl/N-ethyl adjacent to an activating group) is 1. The molecule has 1 aromatic rings. The van der Waals surface area contributed by atoms with E-state index in [9.17, 15) is 0 Å². The summed E-state index contributed by atoms with van der Waals surface area (Å²) >= 11 is 5.37. The Morgan fingerprint density at radius 1 is 1.59 bits per heavy atom. The van der Waals surface area contributed by atoms with Crippen molar-refractivity contribution in [2.24, 2.45) is 5.92 Å². The van der Waals surface area contributed by atoms with Crippen molar-refractivity contribution in [3.05, 3.63) is 20.8 Å². The summed E-state index contributed by atoms with van der Waals surface area (Å²) in [6.45, 7) is 5.14. The fraction of sp³-hybridized carbons (Fsp3) is 0.692. The molecule has 0 saturated carbocycles. The Balaban J connectivity index is 1.87. The van der Waals surface area contributed by atoms with E-state index in [0.717, 1.165) is 32.1 Å². The maximum atomic E-state index is 5.46. The fourth-order valence-corrected chi connectivity index (χ4v) is 3.97. The van der Waals surface area contributed by atoms with E-state index >= 15 is 0 Å². The van der Waals surface area contributed by atoms with Crippen molar-refractivity contribution in [2.45, 2.75) is 32.2 Å². The number of rotatable bonds is 6. The van der Waals surface area contributed by atoms with Gasteiger partial charge in [-0.1, -0.05) is 6.92 Å². The van der Waals surface area contributed by atoms with E-state index in [1.165, 1.54) is 21.5 Å². The Morgan fingerprint density at radius 2 is 2.47 bits per heavy atom. The highest BCUT2D eigenvalue weighted by Gasteiger charge is 2.20. The minimum absolute atomic E-state index is 0.595. The molecule has 1 N–H and O–H groups in total. The summed E-state index contributed by atoms with van der Waals surface area (Å²) in [4.78, 5) is 1.46. The van der Waals surface area contributed by atoms with E-state index in [-0.39, 0.29) is 0 Å². The predicted molar refractivity (Wildman–Crippen MR) is 76.7 cm³/mol. The molecule has 0 spiro atoms. The van der Waals surface area contributed by atoms with Crippen molar-refractivity contribution in [2.75, 3.05) is 19.8 Å². The van der Waals surface area contributed by atoms with Gasteiger partial charge >= 0.3 is 0 Å². The van der Waals surface area contributed by atoms with E-state index in [1.807, 2.05) is 11.3 Å². The summed E-state index contributed by atoms with van der Waals surface area (Å²) in [7, 11) is 0. The average Bonchev–Trinajstić information content (AvgIpc) is 2.91. The Morgan fingerprint density at radius 3 is 3.06 bits per heavy atom. The highest BCUT2D eigenvalue weighted by atomic mass is 79.9. The van der Waals surface area contributed by atoms with Crippen molar-refractivity contribution in [3.63, 3.8) is 0 Å². The van der Waals surface area contributed by atoms with Crippen LogP contribution in [0.2, 0.25) is 0 Å². The van der Waals surface area contributed by atoms with Crippen molar-refractivity contribution in [1.82, 2.24) is 5.32 Å². The molecule has 2 heterocycles.